The summed E-state index contributed by atoms with van der Waals surface area (Å²) in [6, 6.07) is 0. The maximum absolute atomic E-state index is 12.7. The lowest BCUT2D eigenvalue weighted by Gasteiger charge is -2.28. The second-order valence-corrected chi connectivity index (χ2v) is 6.54. The van der Waals surface area contributed by atoms with Gasteiger partial charge in [0.25, 0.3) is 0 Å². The van der Waals surface area contributed by atoms with Gasteiger partial charge in [-0.3, -0.25) is 9.59 Å². The van der Waals surface area contributed by atoms with Crippen LogP contribution in [0.1, 0.15) is 40.5 Å². The summed E-state index contributed by atoms with van der Waals surface area (Å²) in [7, 11) is 1.20. The molecule has 0 radical (unpaired) electrons. The molecule has 0 aromatic carbocycles. The summed E-state index contributed by atoms with van der Waals surface area (Å²) in [5, 5.41) is 0. The molecule has 136 valence electrons. The fourth-order valence-corrected chi connectivity index (χ4v) is 1.54. The van der Waals surface area contributed by atoms with Crippen LogP contribution in [0, 0.1) is 10.8 Å². The van der Waals surface area contributed by atoms with E-state index >= 15 is 0 Å². The van der Waals surface area contributed by atoms with Crippen molar-refractivity contribution >= 4 is 11.9 Å². The molecular formula is C14H21F5O4. The van der Waals surface area contributed by atoms with Gasteiger partial charge in [-0.2, -0.15) is 22.0 Å². The largest absolute Gasteiger partial charge is 0.469 e. The van der Waals surface area contributed by atoms with Crippen molar-refractivity contribution in [1.82, 2.24) is 0 Å². The lowest BCUT2D eigenvalue weighted by molar-refractivity contribution is -0.294. The van der Waals surface area contributed by atoms with Crippen LogP contribution in [-0.4, -0.2) is 37.8 Å². The number of rotatable bonds is 7. The molecule has 0 saturated heterocycles. The Kier molecular flexibility index (Phi) is 6.57. The zero-order valence-electron chi connectivity index (χ0n) is 13.6. The van der Waals surface area contributed by atoms with Gasteiger partial charge in [0.2, 0.25) is 0 Å². The molecular weight excluding hydrogens is 327 g/mol. The number of carbonyl (C=O) groups is 2. The van der Waals surface area contributed by atoms with E-state index < -0.39 is 41.5 Å². The Morgan fingerprint density at radius 2 is 1.22 bits per heavy atom. The SMILES string of the molecule is COC(=O)C(C)(C)CCC(C)(C)C(=O)OCC(F)(F)C(F)(F)F. The summed E-state index contributed by atoms with van der Waals surface area (Å²) in [5.41, 5.74) is -2.25. The van der Waals surface area contributed by atoms with Crippen LogP contribution in [-0.2, 0) is 19.1 Å². The molecule has 0 rings (SSSR count). The summed E-state index contributed by atoms with van der Waals surface area (Å²) in [5.74, 6) is -6.82. The van der Waals surface area contributed by atoms with E-state index in [9.17, 15) is 31.5 Å². The van der Waals surface area contributed by atoms with Crippen molar-refractivity contribution in [2.45, 2.75) is 52.6 Å². The third-order valence-electron chi connectivity index (χ3n) is 3.46. The number of halogens is 5. The maximum Gasteiger partial charge on any atom is 0.456 e. The van der Waals surface area contributed by atoms with Crippen LogP contribution >= 0.6 is 0 Å². The van der Waals surface area contributed by atoms with E-state index in [1.165, 1.54) is 21.0 Å². The van der Waals surface area contributed by atoms with E-state index in [4.69, 9.17) is 0 Å². The number of alkyl halides is 5. The molecule has 0 N–H and O–H groups in total. The number of carbonyl (C=O) groups excluding carboxylic acids is 2. The Bertz CT molecular complexity index is 441. The molecule has 9 heteroatoms. The van der Waals surface area contributed by atoms with Crippen LogP contribution in [0.4, 0.5) is 22.0 Å². The smallest absolute Gasteiger partial charge is 0.456 e. The Morgan fingerprint density at radius 3 is 1.57 bits per heavy atom. The van der Waals surface area contributed by atoms with Crippen LogP contribution in [0.25, 0.3) is 0 Å². The number of ether oxygens (including phenoxy) is 2. The van der Waals surface area contributed by atoms with Crippen LogP contribution in [0.2, 0.25) is 0 Å². The standard InChI is InChI=1S/C14H21F5O4/c1-11(2,9(20)22-5)6-7-12(3,4)10(21)23-8-13(15,16)14(17,18)19/h6-8H2,1-5H3. The van der Waals surface area contributed by atoms with Crippen molar-refractivity contribution in [3.8, 4) is 0 Å². The molecule has 0 atom stereocenters. The van der Waals surface area contributed by atoms with Crippen LogP contribution in [0.3, 0.4) is 0 Å². The van der Waals surface area contributed by atoms with E-state index in [0.717, 1.165) is 0 Å². The van der Waals surface area contributed by atoms with Crippen molar-refractivity contribution in [1.29, 1.82) is 0 Å². The van der Waals surface area contributed by atoms with E-state index in [1.54, 1.807) is 13.8 Å². The van der Waals surface area contributed by atoms with Crippen molar-refractivity contribution in [3.05, 3.63) is 0 Å². The van der Waals surface area contributed by atoms with Gasteiger partial charge >= 0.3 is 24.0 Å². The predicted octanol–water partition coefficient (Wildman–Crippen LogP) is 3.73. The van der Waals surface area contributed by atoms with Crippen LogP contribution in [0.5, 0.6) is 0 Å². The predicted molar refractivity (Wildman–Crippen MR) is 70.8 cm³/mol. The lowest BCUT2D eigenvalue weighted by atomic mass is 9.79. The minimum Gasteiger partial charge on any atom is -0.469 e. The van der Waals surface area contributed by atoms with Crippen LogP contribution < -0.4 is 0 Å². The molecule has 0 heterocycles. The van der Waals surface area contributed by atoms with Gasteiger partial charge in [-0.05, 0) is 40.5 Å². The molecule has 0 aliphatic rings. The molecule has 0 bridgehead atoms. The molecule has 0 aromatic heterocycles. The topological polar surface area (TPSA) is 52.6 Å². The average molecular weight is 348 g/mol. The van der Waals surface area contributed by atoms with Crippen LogP contribution in [0.15, 0.2) is 0 Å². The first-order valence-corrected chi connectivity index (χ1v) is 6.77. The van der Waals surface area contributed by atoms with Gasteiger partial charge in [0.05, 0.1) is 17.9 Å². The Hall–Kier alpha value is -1.41. The van der Waals surface area contributed by atoms with Gasteiger partial charge in [0, 0.05) is 0 Å². The Labute approximate surface area is 131 Å². The van der Waals surface area contributed by atoms with Gasteiger partial charge in [0.1, 0.15) is 0 Å². The van der Waals surface area contributed by atoms with Gasteiger partial charge < -0.3 is 9.47 Å². The van der Waals surface area contributed by atoms with Gasteiger partial charge in [0.15, 0.2) is 6.61 Å². The summed E-state index contributed by atoms with van der Waals surface area (Å²) in [6.07, 6.45) is -5.58. The highest BCUT2D eigenvalue weighted by Crippen LogP contribution is 2.37. The number of methoxy groups -OCH3 is 1. The normalized spacial score (nSPS) is 13.7. The molecule has 0 aromatic rings. The highest BCUT2D eigenvalue weighted by Gasteiger charge is 2.58. The average Bonchev–Trinajstić information content (AvgIpc) is 2.40. The van der Waals surface area contributed by atoms with E-state index in [0.29, 0.717) is 0 Å². The molecule has 0 aliphatic carbocycles. The molecule has 0 amide bonds. The zero-order valence-corrected chi connectivity index (χ0v) is 13.6. The third-order valence-corrected chi connectivity index (χ3v) is 3.46. The van der Waals surface area contributed by atoms with Gasteiger partial charge in [-0.1, -0.05) is 0 Å². The monoisotopic (exact) mass is 348 g/mol. The Balaban J connectivity index is 4.72. The molecule has 0 fully saturated rings. The Morgan fingerprint density at radius 1 is 0.826 bits per heavy atom. The molecule has 0 aliphatic heterocycles. The number of esters is 2. The molecule has 0 saturated carbocycles. The maximum atomic E-state index is 12.7. The van der Waals surface area contributed by atoms with Crippen molar-refractivity contribution in [2.75, 3.05) is 13.7 Å². The second kappa shape index (κ2) is 7.00. The number of hydrogen-bond donors (Lipinski definition) is 0. The fraction of sp³-hybridized carbons (Fsp3) is 0.857. The minimum atomic E-state index is -5.79. The highest BCUT2D eigenvalue weighted by molar-refractivity contribution is 5.77. The first kappa shape index (κ1) is 21.6. The van der Waals surface area contributed by atoms with Crippen molar-refractivity contribution in [2.24, 2.45) is 10.8 Å². The first-order valence-electron chi connectivity index (χ1n) is 6.77. The lowest BCUT2D eigenvalue weighted by Crippen LogP contribution is -2.43. The fourth-order valence-electron chi connectivity index (χ4n) is 1.54. The highest BCUT2D eigenvalue weighted by atomic mass is 19.4. The summed E-state index contributed by atoms with van der Waals surface area (Å²) in [4.78, 5) is 23.3. The van der Waals surface area contributed by atoms with E-state index in [2.05, 4.69) is 9.47 Å². The first-order chi connectivity index (χ1) is 10.1. The van der Waals surface area contributed by atoms with Crippen molar-refractivity contribution in [3.63, 3.8) is 0 Å². The third kappa shape index (κ3) is 5.95. The molecule has 0 spiro atoms. The van der Waals surface area contributed by atoms with Gasteiger partial charge in [-0.15, -0.1) is 0 Å². The summed E-state index contributed by atoms with van der Waals surface area (Å²) in [6.45, 7) is 3.75. The van der Waals surface area contributed by atoms with Gasteiger partial charge in [-0.25, -0.2) is 0 Å². The second-order valence-electron chi connectivity index (χ2n) is 6.54. The minimum absolute atomic E-state index is 0.0471. The van der Waals surface area contributed by atoms with Crippen molar-refractivity contribution < 1.29 is 41.0 Å². The molecule has 0 unspecified atom stereocenters. The van der Waals surface area contributed by atoms with E-state index in [-0.39, 0.29) is 12.8 Å². The molecule has 23 heavy (non-hydrogen) atoms. The number of hydrogen-bond acceptors (Lipinski definition) is 4. The van der Waals surface area contributed by atoms with E-state index in [1.807, 2.05) is 0 Å². The zero-order chi connectivity index (χ0) is 18.7. The quantitative estimate of drug-likeness (QED) is 0.520. The molecule has 4 nitrogen and oxygen atoms in total. The summed E-state index contributed by atoms with van der Waals surface area (Å²) < 4.78 is 70.3. The summed E-state index contributed by atoms with van der Waals surface area (Å²) >= 11 is 0.